The number of carbonyl (C=O) groups is 1. The highest BCUT2D eigenvalue weighted by Gasteiger charge is 2.06. The quantitative estimate of drug-likeness (QED) is 0.828. The minimum absolute atomic E-state index is 0.208. The highest BCUT2D eigenvalue weighted by molar-refractivity contribution is 9.11. The molecule has 0 spiro atoms. The molecule has 0 radical (unpaired) electrons. The Morgan fingerprint density at radius 2 is 2.42 bits per heavy atom. The summed E-state index contributed by atoms with van der Waals surface area (Å²) >= 11 is 4.80. The fraction of sp³-hybridized carbons (Fsp3) is 0.375. The van der Waals surface area contributed by atoms with Crippen LogP contribution in [-0.2, 0) is 0 Å². The summed E-state index contributed by atoms with van der Waals surface area (Å²) in [7, 11) is 1.84. The zero-order chi connectivity index (χ0) is 8.97. The summed E-state index contributed by atoms with van der Waals surface area (Å²) in [6, 6.07) is 3.75. The van der Waals surface area contributed by atoms with E-state index in [4.69, 9.17) is 0 Å². The average molecular weight is 248 g/mol. The summed E-state index contributed by atoms with van der Waals surface area (Å²) in [5.41, 5.74) is 0. The van der Waals surface area contributed by atoms with E-state index in [0.29, 0.717) is 6.42 Å². The molecule has 0 aliphatic heterocycles. The molecule has 0 aliphatic rings. The first-order valence-electron chi connectivity index (χ1n) is 3.67. The van der Waals surface area contributed by atoms with Gasteiger partial charge in [-0.15, -0.1) is 11.3 Å². The molecule has 0 bridgehead atoms. The maximum absolute atomic E-state index is 11.4. The number of Topliss-reactive ketones (excluding diaryl/α,β-unsaturated/α-hetero) is 1. The van der Waals surface area contributed by atoms with Gasteiger partial charge in [0.15, 0.2) is 5.78 Å². The Morgan fingerprint density at radius 3 is 2.92 bits per heavy atom. The largest absolute Gasteiger partial charge is 0.319 e. The van der Waals surface area contributed by atoms with Gasteiger partial charge in [0.05, 0.1) is 8.66 Å². The topological polar surface area (TPSA) is 29.1 Å². The Labute approximate surface area is 84.1 Å². The molecule has 2 nitrogen and oxygen atoms in total. The Morgan fingerprint density at radius 1 is 1.67 bits per heavy atom. The van der Waals surface area contributed by atoms with Crippen LogP contribution in [0.3, 0.4) is 0 Å². The van der Waals surface area contributed by atoms with E-state index in [0.717, 1.165) is 15.2 Å². The molecule has 66 valence electrons. The van der Waals surface area contributed by atoms with Crippen LogP contribution < -0.4 is 5.32 Å². The molecule has 12 heavy (non-hydrogen) atoms. The third kappa shape index (κ3) is 2.69. The van der Waals surface area contributed by atoms with E-state index in [1.807, 2.05) is 19.2 Å². The molecule has 1 aromatic rings. The van der Waals surface area contributed by atoms with Crippen molar-refractivity contribution in [2.45, 2.75) is 6.42 Å². The van der Waals surface area contributed by atoms with Gasteiger partial charge in [-0.2, -0.15) is 0 Å². The Hall–Kier alpha value is -0.190. The van der Waals surface area contributed by atoms with Gasteiger partial charge in [-0.05, 0) is 35.1 Å². The van der Waals surface area contributed by atoms with Gasteiger partial charge in [0.1, 0.15) is 0 Å². The van der Waals surface area contributed by atoms with Crippen LogP contribution in [0, 0.1) is 0 Å². The maximum Gasteiger partial charge on any atom is 0.174 e. The highest BCUT2D eigenvalue weighted by atomic mass is 79.9. The molecule has 1 aromatic heterocycles. The summed E-state index contributed by atoms with van der Waals surface area (Å²) < 4.78 is 1.01. The monoisotopic (exact) mass is 247 g/mol. The molecule has 0 unspecified atom stereocenters. The summed E-state index contributed by atoms with van der Waals surface area (Å²) in [4.78, 5) is 12.2. The summed E-state index contributed by atoms with van der Waals surface area (Å²) in [6.45, 7) is 0.744. The van der Waals surface area contributed by atoms with Crippen LogP contribution in [0.5, 0.6) is 0 Å². The van der Waals surface area contributed by atoms with Gasteiger partial charge in [0.2, 0.25) is 0 Å². The SMILES string of the molecule is CNCCC(=O)c1ccc(Br)s1. The van der Waals surface area contributed by atoms with Crippen LogP contribution in [0.2, 0.25) is 0 Å². The van der Waals surface area contributed by atoms with Gasteiger partial charge in [0, 0.05) is 13.0 Å². The maximum atomic E-state index is 11.4. The van der Waals surface area contributed by atoms with E-state index < -0.39 is 0 Å². The van der Waals surface area contributed by atoms with E-state index >= 15 is 0 Å². The normalized spacial score (nSPS) is 10.2. The molecule has 1 heterocycles. The lowest BCUT2D eigenvalue weighted by molar-refractivity contribution is 0.0987. The predicted molar refractivity (Wildman–Crippen MR) is 54.9 cm³/mol. The lowest BCUT2D eigenvalue weighted by Crippen LogP contribution is -2.12. The molecule has 0 aliphatic carbocycles. The van der Waals surface area contributed by atoms with Crippen LogP contribution in [0.4, 0.5) is 0 Å². The lowest BCUT2D eigenvalue weighted by Gasteiger charge is -1.95. The second-order valence-corrected chi connectivity index (χ2v) is 4.84. The number of nitrogens with one attached hydrogen (secondary N) is 1. The molecule has 0 saturated carbocycles. The number of ketones is 1. The van der Waals surface area contributed by atoms with Crippen LogP contribution in [0.1, 0.15) is 16.1 Å². The molecule has 1 rings (SSSR count). The molecule has 0 aromatic carbocycles. The Balaban J connectivity index is 2.53. The number of carbonyl (C=O) groups excluding carboxylic acids is 1. The summed E-state index contributed by atoms with van der Waals surface area (Å²) in [5, 5.41) is 2.95. The highest BCUT2D eigenvalue weighted by Crippen LogP contribution is 2.22. The molecular weight excluding hydrogens is 238 g/mol. The van der Waals surface area contributed by atoms with Crippen molar-refractivity contribution in [3.05, 3.63) is 20.8 Å². The van der Waals surface area contributed by atoms with Crippen molar-refractivity contribution >= 4 is 33.0 Å². The van der Waals surface area contributed by atoms with Crippen molar-refractivity contribution in [3.8, 4) is 0 Å². The van der Waals surface area contributed by atoms with Crippen LogP contribution >= 0.6 is 27.3 Å². The standard InChI is InChI=1S/C8H10BrNOS/c1-10-5-4-6(11)7-2-3-8(9)12-7/h2-3,10H,4-5H2,1H3. The number of hydrogen-bond acceptors (Lipinski definition) is 3. The van der Waals surface area contributed by atoms with Crippen molar-refractivity contribution in [1.82, 2.24) is 5.32 Å². The minimum Gasteiger partial charge on any atom is -0.319 e. The van der Waals surface area contributed by atoms with Gasteiger partial charge >= 0.3 is 0 Å². The van der Waals surface area contributed by atoms with E-state index in [-0.39, 0.29) is 5.78 Å². The van der Waals surface area contributed by atoms with E-state index in [1.54, 1.807) is 0 Å². The van der Waals surface area contributed by atoms with Crippen LogP contribution in [-0.4, -0.2) is 19.4 Å². The summed E-state index contributed by atoms with van der Waals surface area (Å²) in [6.07, 6.45) is 0.573. The minimum atomic E-state index is 0.208. The molecule has 0 amide bonds. The van der Waals surface area contributed by atoms with Crippen LogP contribution in [0.25, 0.3) is 0 Å². The van der Waals surface area contributed by atoms with Gasteiger partial charge < -0.3 is 5.32 Å². The third-order valence-electron chi connectivity index (χ3n) is 1.45. The first-order valence-corrected chi connectivity index (χ1v) is 5.28. The van der Waals surface area contributed by atoms with Gasteiger partial charge in [-0.25, -0.2) is 0 Å². The molecule has 4 heteroatoms. The second-order valence-electron chi connectivity index (χ2n) is 2.38. The van der Waals surface area contributed by atoms with Gasteiger partial charge in [0.25, 0.3) is 0 Å². The molecule has 1 N–H and O–H groups in total. The molecular formula is C8H10BrNOS. The predicted octanol–water partition coefficient (Wildman–Crippen LogP) is 2.30. The smallest absolute Gasteiger partial charge is 0.174 e. The van der Waals surface area contributed by atoms with Crippen molar-refractivity contribution in [2.24, 2.45) is 0 Å². The summed E-state index contributed by atoms with van der Waals surface area (Å²) in [5.74, 6) is 0.208. The zero-order valence-electron chi connectivity index (χ0n) is 6.76. The van der Waals surface area contributed by atoms with Crippen molar-refractivity contribution in [1.29, 1.82) is 0 Å². The zero-order valence-corrected chi connectivity index (χ0v) is 9.17. The van der Waals surface area contributed by atoms with Crippen molar-refractivity contribution in [3.63, 3.8) is 0 Å². The molecule has 0 fully saturated rings. The number of thiophene rings is 1. The lowest BCUT2D eigenvalue weighted by atomic mass is 10.2. The van der Waals surface area contributed by atoms with E-state index in [9.17, 15) is 4.79 Å². The van der Waals surface area contributed by atoms with Crippen molar-refractivity contribution < 1.29 is 4.79 Å². The first-order chi connectivity index (χ1) is 5.74. The molecule has 0 saturated heterocycles. The number of halogens is 1. The fourth-order valence-corrected chi connectivity index (χ4v) is 2.18. The van der Waals surface area contributed by atoms with Gasteiger partial charge in [-0.1, -0.05) is 0 Å². The number of hydrogen-bond donors (Lipinski definition) is 1. The molecule has 0 atom stereocenters. The average Bonchev–Trinajstić information content (AvgIpc) is 2.47. The van der Waals surface area contributed by atoms with Gasteiger partial charge in [-0.3, -0.25) is 4.79 Å². The van der Waals surface area contributed by atoms with E-state index in [2.05, 4.69) is 21.2 Å². The fourth-order valence-electron chi connectivity index (χ4n) is 0.826. The first kappa shape index (κ1) is 9.89. The number of rotatable bonds is 4. The third-order valence-corrected chi connectivity index (χ3v) is 3.11. The van der Waals surface area contributed by atoms with E-state index in [1.165, 1.54) is 11.3 Å². The Kier molecular flexibility index (Phi) is 3.91. The van der Waals surface area contributed by atoms with Crippen LogP contribution in [0.15, 0.2) is 15.9 Å². The Bertz CT molecular complexity index is 272. The van der Waals surface area contributed by atoms with Crippen molar-refractivity contribution in [2.75, 3.05) is 13.6 Å². The second kappa shape index (κ2) is 4.74.